The van der Waals surface area contributed by atoms with Gasteiger partial charge in [0.2, 0.25) is 0 Å². The van der Waals surface area contributed by atoms with Gasteiger partial charge in [0.05, 0.1) is 24.8 Å². The third-order valence-electron chi connectivity index (χ3n) is 4.95. The van der Waals surface area contributed by atoms with Crippen LogP contribution in [0.25, 0.3) is 0 Å². The molecule has 0 bridgehead atoms. The molecule has 1 amide bonds. The van der Waals surface area contributed by atoms with Gasteiger partial charge in [-0.05, 0) is 54.8 Å². The summed E-state index contributed by atoms with van der Waals surface area (Å²) in [5, 5.41) is 9.00. The number of nitrogens with zero attached hydrogens (tertiary/aromatic N) is 2. The van der Waals surface area contributed by atoms with Gasteiger partial charge in [-0.2, -0.15) is 5.26 Å². The quantitative estimate of drug-likeness (QED) is 0.590. The molecule has 1 saturated heterocycles. The van der Waals surface area contributed by atoms with Crippen molar-refractivity contribution in [2.75, 3.05) is 26.9 Å². The lowest BCUT2D eigenvalue weighted by Gasteiger charge is -2.26. The summed E-state index contributed by atoms with van der Waals surface area (Å²) in [7, 11) is 1.59. The molecule has 1 atom stereocenters. The zero-order valence-electron chi connectivity index (χ0n) is 17.2. The highest BCUT2D eigenvalue weighted by Crippen LogP contribution is 2.29. The van der Waals surface area contributed by atoms with Crippen LogP contribution in [0.1, 0.15) is 34.3 Å². The van der Waals surface area contributed by atoms with Crippen molar-refractivity contribution in [3.63, 3.8) is 0 Å². The van der Waals surface area contributed by atoms with Crippen molar-refractivity contribution in [2.45, 2.75) is 25.5 Å². The van der Waals surface area contributed by atoms with E-state index in [1.54, 1.807) is 42.4 Å². The van der Waals surface area contributed by atoms with Crippen LogP contribution in [-0.4, -0.2) is 43.8 Å². The molecule has 1 heterocycles. The molecular weight excluding hydrogens is 380 g/mol. The molecule has 1 aliphatic rings. The zero-order chi connectivity index (χ0) is 21.3. The monoisotopic (exact) mass is 406 g/mol. The van der Waals surface area contributed by atoms with E-state index in [4.69, 9.17) is 19.5 Å². The highest BCUT2D eigenvalue weighted by Gasteiger charge is 2.24. The third-order valence-corrected chi connectivity index (χ3v) is 4.95. The number of amides is 1. The standard InChI is InChI=1S/C24H26N2O4/c1-3-12-30-22-11-8-19(14-23(22)28-2)16-26(17-21-5-4-13-29-21)24(27)20-9-6-18(15-25)7-10-20/h3,6-11,14,21H,1,4-5,12-13,16-17H2,2H3/t21-/m1/s1. The number of ether oxygens (including phenoxy) is 3. The van der Waals surface area contributed by atoms with Gasteiger partial charge in [-0.15, -0.1) is 0 Å². The second-order valence-corrected chi connectivity index (χ2v) is 7.09. The van der Waals surface area contributed by atoms with E-state index in [1.165, 1.54) is 0 Å². The predicted molar refractivity (Wildman–Crippen MR) is 114 cm³/mol. The maximum atomic E-state index is 13.2. The molecule has 6 nitrogen and oxygen atoms in total. The molecule has 0 saturated carbocycles. The van der Waals surface area contributed by atoms with Crippen molar-refractivity contribution >= 4 is 5.91 Å². The van der Waals surface area contributed by atoms with Crippen LogP contribution in [0.4, 0.5) is 0 Å². The van der Waals surface area contributed by atoms with E-state index >= 15 is 0 Å². The lowest BCUT2D eigenvalue weighted by Crippen LogP contribution is -2.37. The molecule has 30 heavy (non-hydrogen) atoms. The Morgan fingerprint density at radius 2 is 2.10 bits per heavy atom. The minimum Gasteiger partial charge on any atom is -0.493 e. The molecule has 1 aliphatic heterocycles. The minimum atomic E-state index is -0.0964. The first-order valence-corrected chi connectivity index (χ1v) is 9.96. The molecule has 0 spiro atoms. The Labute approximate surface area is 177 Å². The van der Waals surface area contributed by atoms with Crippen LogP contribution >= 0.6 is 0 Å². The fourth-order valence-electron chi connectivity index (χ4n) is 3.42. The number of benzene rings is 2. The maximum Gasteiger partial charge on any atom is 0.254 e. The smallest absolute Gasteiger partial charge is 0.254 e. The number of methoxy groups -OCH3 is 1. The molecular formula is C24H26N2O4. The molecule has 1 fully saturated rings. The van der Waals surface area contributed by atoms with Gasteiger partial charge in [-0.1, -0.05) is 18.7 Å². The molecule has 0 radical (unpaired) electrons. The van der Waals surface area contributed by atoms with E-state index in [2.05, 4.69) is 12.6 Å². The van der Waals surface area contributed by atoms with Crippen LogP contribution in [0.5, 0.6) is 11.5 Å². The highest BCUT2D eigenvalue weighted by atomic mass is 16.5. The number of carbonyl (C=O) groups is 1. The Morgan fingerprint density at radius 1 is 1.30 bits per heavy atom. The fraction of sp³-hybridized carbons (Fsp3) is 0.333. The summed E-state index contributed by atoms with van der Waals surface area (Å²) in [6, 6.07) is 14.4. The van der Waals surface area contributed by atoms with Crippen molar-refractivity contribution in [2.24, 2.45) is 0 Å². The summed E-state index contributed by atoms with van der Waals surface area (Å²) < 4.78 is 16.8. The van der Waals surface area contributed by atoms with Crippen LogP contribution < -0.4 is 9.47 Å². The van der Waals surface area contributed by atoms with Crippen LogP contribution in [0.3, 0.4) is 0 Å². The van der Waals surface area contributed by atoms with Crippen LogP contribution in [0, 0.1) is 11.3 Å². The summed E-state index contributed by atoms with van der Waals surface area (Å²) in [6.45, 7) is 5.70. The SMILES string of the molecule is C=CCOc1ccc(CN(C[C@H]2CCCO2)C(=O)c2ccc(C#N)cc2)cc1OC. The second kappa shape index (κ2) is 10.5. The highest BCUT2D eigenvalue weighted by molar-refractivity contribution is 5.94. The summed E-state index contributed by atoms with van der Waals surface area (Å²) in [4.78, 5) is 15.0. The number of nitriles is 1. The van der Waals surface area contributed by atoms with E-state index in [-0.39, 0.29) is 12.0 Å². The number of hydrogen-bond donors (Lipinski definition) is 0. The Morgan fingerprint density at radius 3 is 2.73 bits per heavy atom. The zero-order valence-corrected chi connectivity index (χ0v) is 17.2. The molecule has 6 heteroatoms. The molecule has 2 aromatic carbocycles. The number of hydrogen-bond acceptors (Lipinski definition) is 5. The largest absolute Gasteiger partial charge is 0.493 e. The molecule has 0 N–H and O–H groups in total. The van der Waals surface area contributed by atoms with Crippen molar-refractivity contribution < 1.29 is 19.0 Å². The van der Waals surface area contributed by atoms with E-state index in [0.717, 1.165) is 25.0 Å². The lowest BCUT2D eigenvalue weighted by molar-refractivity contribution is 0.0507. The summed E-state index contributed by atoms with van der Waals surface area (Å²) in [5.41, 5.74) is 2.00. The average molecular weight is 406 g/mol. The third kappa shape index (κ3) is 5.40. The Kier molecular flexibility index (Phi) is 7.47. The van der Waals surface area contributed by atoms with Gasteiger partial charge in [0.25, 0.3) is 5.91 Å². The van der Waals surface area contributed by atoms with E-state index in [9.17, 15) is 4.79 Å². The minimum absolute atomic E-state index is 0.0319. The van der Waals surface area contributed by atoms with Gasteiger partial charge in [0.15, 0.2) is 11.5 Å². The lowest BCUT2D eigenvalue weighted by atomic mass is 10.1. The second-order valence-electron chi connectivity index (χ2n) is 7.09. The molecule has 2 aromatic rings. The Bertz CT molecular complexity index is 912. The van der Waals surface area contributed by atoms with Gasteiger partial charge < -0.3 is 19.1 Å². The van der Waals surface area contributed by atoms with Crippen LogP contribution in [0.15, 0.2) is 55.1 Å². The van der Waals surface area contributed by atoms with E-state index in [0.29, 0.717) is 42.3 Å². The summed E-state index contributed by atoms with van der Waals surface area (Å²) in [6.07, 6.45) is 3.65. The predicted octanol–water partition coefficient (Wildman–Crippen LogP) is 3.95. The van der Waals surface area contributed by atoms with Gasteiger partial charge >= 0.3 is 0 Å². The van der Waals surface area contributed by atoms with E-state index in [1.807, 2.05) is 18.2 Å². The molecule has 156 valence electrons. The van der Waals surface area contributed by atoms with Gasteiger partial charge in [0.1, 0.15) is 6.61 Å². The maximum absolute atomic E-state index is 13.2. The Balaban J connectivity index is 1.81. The van der Waals surface area contributed by atoms with E-state index < -0.39 is 0 Å². The first-order chi connectivity index (χ1) is 14.6. The summed E-state index contributed by atoms with van der Waals surface area (Å²) >= 11 is 0. The van der Waals surface area contributed by atoms with Gasteiger partial charge in [0, 0.05) is 25.3 Å². The molecule has 0 aliphatic carbocycles. The number of carbonyl (C=O) groups excluding carboxylic acids is 1. The van der Waals surface area contributed by atoms with Crippen molar-refractivity contribution in [3.8, 4) is 17.6 Å². The van der Waals surface area contributed by atoms with Crippen molar-refractivity contribution in [1.82, 2.24) is 4.90 Å². The normalized spacial score (nSPS) is 15.3. The Hall–Kier alpha value is -3.30. The van der Waals surface area contributed by atoms with Crippen molar-refractivity contribution in [3.05, 3.63) is 71.8 Å². The molecule has 3 rings (SSSR count). The van der Waals surface area contributed by atoms with Gasteiger partial charge in [-0.3, -0.25) is 4.79 Å². The van der Waals surface area contributed by atoms with Gasteiger partial charge in [-0.25, -0.2) is 0 Å². The first kappa shape index (κ1) is 21.4. The van der Waals surface area contributed by atoms with Crippen LogP contribution in [-0.2, 0) is 11.3 Å². The van der Waals surface area contributed by atoms with Crippen molar-refractivity contribution in [1.29, 1.82) is 5.26 Å². The van der Waals surface area contributed by atoms with Crippen LogP contribution in [0.2, 0.25) is 0 Å². The average Bonchev–Trinajstić information content (AvgIpc) is 3.30. The number of rotatable bonds is 9. The first-order valence-electron chi connectivity index (χ1n) is 9.96. The fourth-order valence-corrected chi connectivity index (χ4v) is 3.42. The molecule has 0 unspecified atom stereocenters. The topological polar surface area (TPSA) is 71.8 Å². The summed E-state index contributed by atoms with van der Waals surface area (Å²) in [5.74, 6) is 1.14. The molecule has 0 aromatic heterocycles.